The number of ether oxygens (including phenoxy) is 2. The first-order valence-corrected chi connectivity index (χ1v) is 8.36. The Morgan fingerprint density at radius 3 is 2.39 bits per heavy atom. The molecule has 2 rings (SSSR count). The zero-order valence-electron chi connectivity index (χ0n) is 15.5. The molecule has 0 aliphatic carbocycles. The van der Waals surface area contributed by atoms with Gasteiger partial charge in [0, 0.05) is 31.2 Å². The Hall–Kier alpha value is -3.46. The van der Waals surface area contributed by atoms with Crippen LogP contribution in [0.5, 0.6) is 5.75 Å². The summed E-state index contributed by atoms with van der Waals surface area (Å²) < 4.78 is 10.4. The van der Waals surface area contributed by atoms with E-state index >= 15 is 0 Å². The van der Waals surface area contributed by atoms with Gasteiger partial charge in [-0.1, -0.05) is 30.3 Å². The highest BCUT2D eigenvalue weighted by molar-refractivity contribution is 5.89. The molecule has 0 heterocycles. The third kappa shape index (κ3) is 5.04. The van der Waals surface area contributed by atoms with E-state index in [1.54, 1.807) is 30.3 Å². The fraction of sp³-hybridized carbons (Fsp3) is 0.263. The van der Waals surface area contributed by atoms with Crippen LogP contribution in [0.15, 0.2) is 48.5 Å². The second-order valence-electron chi connectivity index (χ2n) is 5.95. The Morgan fingerprint density at radius 1 is 1.18 bits per heavy atom. The predicted molar refractivity (Wildman–Crippen MR) is 101 cm³/mol. The monoisotopic (exact) mass is 387 g/mol. The van der Waals surface area contributed by atoms with Crippen molar-refractivity contribution in [2.75, 3.05) is 14.2 Å². The van der Waals surface area contributed by atoms with Crippen molar-refractivity contribution in [2.45, 2.75) is 18.6 Å². The molecule has 9 heteroatoms. The number of non-ortho nitro benzene ring substituents is 1. The lowest BCUT2D eigenvalue weighted by Crippen LogP contribution is -2.47. The lowest BCUT2D eigenvalue weighted by Gasteiger charge is -2.21. The van der Waals surface area contributed by atoms with Crippen molar-refractivity contribution in [2.24, 2.45) is 5.73 Å². The second-order valence-corrected chi connectivity index (χ2v) is 5.95. The van der Waals surface area contributed by atoms with Gasteiger partial charge in [-0.2, -0.15) is 0 Å². The number of rotatable bonds is 9. The maximum Gasteiger partial charge on any atom is 0.269 e. The number of benzene rings is 2. The van der Waals surface area contributed by atoms with Crippen LogP contribution in [0.4, 0.5) is 5.69 Å². The fourth-order valence-corrected chi connectivity index (χ4v) is 2.75. The first kappa shape index (κ1) is 20.8. The van der Waals surface area contributed by atoms with E-state index in [1.165, 1.54) is 32.4 Å². The van der Waals surface area contributed by atoms with Crippen molar-refractivity contribution < 1.29 is 24.0 Å². The fourth-order valence-electron chi connectivity index (χ4n) is 2.75. The minimum Gasteiger partial charge on any atom is -0.496 e. The number of carbonyl (C=O) groups is 2. The molecule has 0 aliphatic rings. The van der Waals surface area contributed by atoms with E-state index in [0.29, 0.717) is 16.9 Å². The molecule has 28 heavy (non-hydrogen) atoms. The zero-order chi connectivity index (χ0) is 20.7. The maximum atomic E-state index is 12.6. The average Bonchev–Trinajstić information content (AvgIpc) is 2.68. The normalized spacial score (nSPS) is 12.6. The van der Waals surface area contributed by atoms with E-state index in [9.17, 15) is 19.7 Å². The van der Waals surface area contributed by atoms with Gasteiger partial charge in [0.2, 0.25) is 5.91 Å². The molecule has 2 atom stereocenters. The molecule has 0 saturated carbocycles. The van der Waals surface area contributed by atoms with Crippen molar-refractivity contribution in [3.8, 4) is 5.75 Å². The summed E-state index contributed by atoms with van der Waals surface area (Å²) in [6.45, 7) is 0. The molecule has 0 radical (unpaired) electrons. The van der Waals surface area contributed by atoms with Crippen molar-refractivity contribution in [1.29, 1.82) is 0 Å². The molecule has 2 aromatic carbocycles. The number of amides is 2. The van der Waals surface area contributed by atoms with Gasteiger partial charge in [-0.05, 0) is 11.6 Å². The van der Waals surface area contributed by atoms with Crippen molar-refractivity contribution in [1.82, 2.24) is 5.32 Å². The number of nitrogens with one attached hydrogen (secondary N) is 1. The van der Waals surface area contributed by atoms with Crippen LogP contribution in [0, 0.1) is 10.1 Å². The molecule has 148 valence electrons. The van der Waals surface area contributed by atoms with Gasteiger partial charge in [0.1, 0.15) is 11.8 Å². The van der Waals surface area contributed by atoms with E-state index in [0.717, 1.165) is 0 Å². The van der Waals surface area contributed by atoms with Crippen molar-refractivity contribution >= 4 is 17.5 Å². The van der Waals surface area contributed by atoms with Gasteiger partial charge in [0.15, 0.2) is 6.10 Å². The Bertz CT molecular complexity index is 856. The first-order valence-electron chi connectivity index (χ1n) is 8.36. The largest absolute Gasteiger partial charge is 0.496 e. The third-order valence-corrected chi connectivity index (χ3v) is 4.13. The van der Waals surface area contributed by atoms with E-state index in [2.05, 4.69) is 5.32 Å². The van der Waals surface area contributed by atoms with E-state index in [1.807, 2.05) is 0 Å². The molecule has 0 spiro atoms. The minimum atomic E-state index is -1.11. The van der Waals surface area contributed by atoms with Gasteiger partial charge >= 0.3 is 0 Å². The molecule has 0 saturated heterocycles. The van der Waals surface area contributed by atoms with Gasteiger partial charge in [-0.25, -0.2) is 0 Å². The Labute approximate surface area is 161 Å². The second kappa shape index (κ2) is 9.47. The molecule has 2 amide bonds. The molecule has 9 nitrogen and oxygen atoms in total. The molecule has 0 aliphatic heterocycles. The van der Waals surface area contributed by atoms with Gasteiger partial charge in [0.25, 0.3) is 11.6 Å². The number of primary amides is 1. The number of carbonyl (C=O) groups excluding carboxylic acids is 2. The van der Waals surface area contributed by atoms with Gasteiger partial charge in [0.05, 0.1) is 12.0 Å². The van der Waals surface area contributed by atoms with E-state index in [4.69, 9.17) is 15.2 Å². The summed E-state index contributed by atoms with van der Waals surface area (Å²) >= 11 is 0. The molecule has 0 aromatic heterocycles. The van der Waals surface area contributed by atoms with Crippen LogP contribution in [-0.2, 0) is 20.7 Å². The highest BCUT2D eigenvalue weighted by Crippen LogP contribution is 2.25. The van der Waals surface area contributed by atoms with Crippen LogP contribution in [0.3, 0.4) is 0 Å². The molecule has 0 bridgehead atoms. The van der Waals surface area contributed by atoms with Gasteiger partial charge < -0.3 is 20.5 Å². The third-order valence-electron chi connectivity index (χ3n) is 4.13. The van der Waals surface area contributed by atoms with Crippen LogP contribution in [-0.4, -0.2) is 37.0 Å². The molecule has 3 N–H and O–H groups in total. The van der Waals surface area contributed by atoms with Crippen LogP contribution < -0.4 is 15.8 Å². The molecule has 2 aromatic rings. The summed E-state index contributed by atoms with van der Waals surface area (Å²) in [5.41, 5.74) is 6.25. The first-order chi connectivity index (χ1) is 13.4. The lowest BCUT2D eigenvalue weighted by atomic mass is 10.0. The molecular weight excluding hydrogens is 366 g/mol. The number of nitro groups is 1. The minimum absolute atomic E-state index is 0.0723. The topological polar surface area (TPSA) is 134 Å². The van der Waals surface area contributed by atoms with Crippen LogP contribution in [0.1, 0.15) is 17.2 Å². The highest BCUT2D eigenvalue weighted by Gasteiger charge is 2.27. The number of hydrogen-bond acceptors (Lipinski definition) is 6. The summed E-state index contributed by atoms with van der Waals surface area (Å²) in [5, 5.41) is 13.6. The Morgan fingerprint density at radius 2 is 1.86 bits per heavy atom. The summed E-state index contributed by atoms with van der Waals surface area (Å²) in [6, 6.07) is 11.6. The summed E-state index contributed by atoms with van der Waals surface area (Å²) in [6.07, 6.45) is -1.01. The maximum absolute atomic E-state index is 12.6. The predicted octanol–water partition coefficient (Wildman–Crippen LogP) is 1.50. The van der Waals surface area contributed by atoms with Crippen LogP contribution in [0.25, 0.3) is 0 Å². The Balaban J connectivity index is 2.24. The average molecular weight is 387 g/mol. The molecule has 0 unspecified atom stereocenters. The Kier molecular flexibility index (Phi) is 7.05. The van der Waals surface area contributed by atoms with E-state index < -0.39 is 28.9 Å². The van der Waals surface area contributed by atoms with Gasteiger partial charge in [-0.15, -0.1) is 0 Å². The smallest absolute Gasteiger partial charge is 0.269 e. The van der Waals surface area contributed by atoms with E-state index in [-0.39, 0.29) is 12.1 Å². The quantitative estimate of drug-likeness (QED) is 0.495. The number of nitrogens with zero attached hydrogens (tertiary/aromatic N) is 1. The standard InChI is InChI=1S/C19H21N3O6/c1-27-16-9-8-14(22(25)26)10-13(16)11-15(18(20)23)21-19(24)17(28-2)12-6-4-3-5-7-12/h3-10,15,17H,11H2,1-2H3,(H2,20,23)(H,21,24)/t15-,17-/m0/s1. The van der Waals surface area contributed by atoms with Crippen LogP contribution >= 0.6 is 0 Å². The number of nitrogens with two attached hydrogens (primary N) is 1. The van der Waals surface area contributed by atoms with Crippen LogP contribution in [0.2, 0.25) is 0 Å². The van der Waals surface area contributed by atoms with Crippen molar-refractivity contribution in [3.05, 3.63) is 69.8 Å². The lowest BCUT2D eigenvalue weighted by molar-refractivity contribution is -0.384. The molecular formula is C19H21N3O6. The zero-order valence-corrected chi connectivity index (χ0v) is 15.5. The highest BCUT2D eigenvalue weighted by atomic mass is 16.6. The number of methoxy groups -OCH3 is 2. The van der Waals surface area contributed by atoms with Crippen molar-refractivity contribution in [3.63, 3.8) is 0 Å². The van der Waals surface area contributed by atoms with Gasteiger partial charge in [-0.3, -0.25) is 19.7 Å². The summed E-state index contributed by atoms with van der Waals surface area (Å²) in [4.78, 5) is 35.0. The number of hydrogen-bond donors (Lipinski definition) is 2. The molecule has 0 fully saturated rings. The number of nitro benzene ring substituents is 1. The summed E-state index contributed by atoms with van der Waals surface area (Å²) in [5.74, 6) is -0.996. The summed E-state index contributed by atoms with van der Waals surface area (Å²) in [7, 11) is 2.78. The SMILES string of the molecule is COc1ccc([N+](=O)[O-])cc1C[C@H](NC(=O)[C@@H](OC)c1ccccc1)C(N)=O.